The fourth-order valence-corrected chi connectivity index (χ4v) is 7.46. The van der Waals surface area contributed by atoms with Gasteiger partial charge in [-0.3, -0.25) is 0 Å². The molecule has 0 N–H and O–H groups in total. The predicted molar refractivity (Wildman–Crippen MR) is 223 cm³/mol. The van der Waals surface area contributed by atoms with Crippen LogP contribution < -0.4 is 4.90 Å². The summed E-state index contributed by atoms with van der Waals surface area (Å²) < 4.78 is 6.85. The predicted octanol–water partition coefficient (Wildman–Crippen LogP) is 13.7. The Morgan fingerprint density at radius 3 is 1.78 bits per heavy atom. The van der Waals surface area contributed by atoms with Gasteiger partial charge in [0.1, 0.15) is 5.58 Å². The molecule has 4 heteroatoms. The van der Waals surface area contributed by atoms with Gasteiger partial charge in [-0.15, -0.1) is 0 Å². The third-order valence-corrected chi connectivity index (χ3v) is 10.1. The van der Waals surface area contributed by atoms with Gasteiger partial charge in [0.2, 0.25) is 0 Å². The highest BCUT2D eigenvalue weighted by molar-refractivity contribution is 6.11. The third kappa shape index (κ3) is 5.67. The maximum atomic E-state index is 6.85. The van der Waals surface area contributed by atoms with E-state index in [0.29, 0.717) is 5.82 Å². The van der Waals surface area contributed by atoms with E-state index in [1.165, 1.54) is 16.5 Å². The molecule has 0 atom stereocenters. The molecule has 0 saturated carbocycles. The van der Waals surface area contributed by atoms with Gasteiger partial charge in [-0.2, -0.15) is 0 Å². The second-order valence-corrected chi connectivity index (χ2v) is 13.4. The van der Waals surface area contributed by atoms with Gasteiger partial charge in [-0.05, 0) is 70.4 Å². The molecule has 0 fully saturated rings. The third-order valence-electron chi connectivity index (χ3n) is 10.1. The molecule has 4 nitrogen and oxygen atoms in total. The lowest BCUT2D eigenvalue weighted by Crippen LogP contribution is -2.10. The number of para-hydroxylation sites is 2. The van der Waals surface area contributed by atoms with Crippen molar-refractivity contribution in [3.8, 4) is 45.0 Å². The zero-order valence-electron chi connectivity index (χ0n) is 29.3. The molecule has 0 aliphatic heterocycles. The summed E-state index contributed by atoms with van der Waals surface area (Å²) in [5, 5.41) is 4.41. The number of benzene rings is 8. The van der Waals surface area contributed by atoms with Crippen LogP contribution in [0.3, 0.4) is 0 Å². The van der Waals surface area contributed by atoms with Crippen LogP contribution in [0.1, 0.15) is 0 Å². The number of aromatic nitrogens is 2. The van der Waals surface area contributed by atoms with E-state index < -0.39 is 0 Å². The van der Waals surface area contributed by atoms with Gasteiger partial charge in [0, 0.05) is 38.8 Å². The van der Waals surface area contributed by atoms with Crippen molar-refractivity contribution in [2.45, 2.75) is 0 Å². The maximum Gasteiger partial charge on any atom is 0.160 e. The van der Waals surface area contributed by atoms with Crippen LogP contribution in [-0.2, 0) is 0 Å². The lowest BCUT2D eigenvalue weighted by atomic mass is 10.0. The molecule has 0 bridgehead atoms. The zero-order chi connectivity index (χ0) is 35.8. The summed E-state index contributed by atoms with van der Waals surface area (Å²) >= 11 is 0. The van der Waals surface area contributed by atoms with Crippen LogP contribution in [0.2, 0.25) is 0 Å². The van der Waals surface area contributed by atoms with Gasteiger partial charge in [0.05, 0.1) is 17.1 Å². The topological polar surface area (TPSA) is 42.2 Å². The van der Waals surface area contributed by atoms with Gasteiger partial charge < -0.3 is 9.32 Å². The van der Waals surface area contributed by atoms with Crippen LogP contribution >= 0.6 is 0 Å². The standard InChI is InChI=1S/C50H33N3O/c1-4-14-34(15-5-1)35-26-29-40(30-27-35)53(39-20-8-3-9-21-39)47-25-13-24-44-43-31-28-38(32-48(43)54-49(44)47)50-51-45(37-17-6-2-7-18-37)33-46(52-50)42-23-12-19-36-16-10-11-22-41(36)42/h1-33H. The Morgan fingerprint density at radius 2 is 0.981 bits per heavy atom. The SMILES string of the molecule is c1ccc(-c2ccc(N(c3ccccc3)c3cccc4c3oc3cc(-c5nc(-c6ccccc6)cc(-c6cccc7ccccc67)n5)ccc34)cc2)cc1. The lowest BCUT2D eigenvalue weighted by molar-refractivity contribution is 0.669. The molecule has 0 spiro atoms. The van der Waals surface area contributed by atoms with E-state index in [9.17, 15) is 0 Å². The number of nitrogens with zero attached hydrogens (tertiary/aromatic N) is 3. The summed E-state index contributed by atoms with van der Waals surface area (Å²) in [5.74, 6) is 0.645. The minimum absolute atomic E-state index is 0.645. The zero-order valence-corrected chi connectivity index (χ0v) is 29.3. The van der Waals surface area contributed by atoms with E-state index in [1.807, 2.05) is 30.3 Å². The van der Waals surface area contributed by atoms with Crippen molar-refractivity contribution in [3.05, 3.63) is 200 Å². The fraction of sp³-hybridized carbons (Fsp3) is 0. The minimum atomic E-state index is 0.645. The Bertz CT molecular complexity index is 2910. The Hall–Kier alpha value is -7.30. The summed E-state index contributed by atoms with van der Waals surface area (Å²) in [6.07, 6.45) is 0. The number of fused-ring (bicyclic) bond motifs is 4. The molecule has 0 unspecified atom stereocenters. The average molecular weight is 692 g/mol. The molecule has 0 saturated heterocycles. The number of hydrogen-bond donors (Lipinski definition) is 0. The second kappa shape index (κ2) is 13.4. The van der Waals surface area contributed by atoms with Crippen LogP contribution in [0.25, 0.3) is 77.7 Å². The molecule has 2 heterocycles. The smallest absolute Gasteiger partial charge is 0.160 e. The first-order valence-electron chi connectivity index (χ1n) is 18.2. The van der Waals surface area contributed by atoms with Crippen molar-refractivity contribution in [3.63, 3.8) is 0 Å². The largest absolute Gasteiger partial charge is 0.454 e. The number of furan rings is 1. The molecule has 254 valence electrons. The van der Waals surface area contributed by atoms with Crippen LogP contribution in [0, 0.1) is 0 Å². The number of rotatable bonds is 7. The van der Waals surface area contributed by atoms with Gasteiger partial charge in [0.15, 0.2) is 11.4 Å². The Morgan fingerprint density at radius 1 is 0.389 bits per heavy atom. The molecular formula is C50H33N3O. The molecule has 0 radical (unpaired) electrons. The maximum absolute atomic E-state index is 6.85. The first kappa shape index (κ1) is 31.4. The Labute approximate surface area is 313 Å². The first-order valence-corrected chi connectivity index (χ1v) is 18.2. The minimum Gasteiger partial charge on any atom is -0.454 e. The van der Waals surface area contributed by atoms with Gasteiger partial charge >= 0.3 is 0 Å². The summed E-state index contributed by atoms with van der Waals surface area (Å²) in [6, 6.07) is 69.6. The van der Waals surface area contributed by atoms with E-state index in [2.05, 4.69) is 175 Å². The van der Waals surface area contributed by atoms with E-state index in [-0.39, 0.29) is 0 Å². The number of anilines is 3. The van der Waals surface area contributed by atoms with E-state index >= 15 is 0 Å². The van der Waals surface area contributed by atoms with Gasteiger partial charge in [-0.1, -0.05) is 152 Å². The molecule has 54 heavy (non-hydrogen) atoms. The summed E-state index contributed by atoms with van der Waals surface area (Å²) in [6.45, 7) is 0. The van der Waals surface area contributed by atoms with Crippen LogP contribution in [0.4, 0.5) is 17.1 Å². The molecular weight excluding hydrogens is 659 g/mol. The lowest BCUT2D eigenvalue weighted by Gasteiger charge is -2.25. The Kier molecular flexibility index (Phi) is 7.77. The van der Waals surface area contributed by atoms with Crippen molar-refractivity contribution < 1.29 is 4.42 Å². The molecule has 0 amide bonds. The van der Waals surface area contributed by atoms with Gasteiger partial charge in [-0.25, -0.2) is 9.97 Å². The second-order valence-electron chi connectivity index (χ2n) is 13.4. The van der Waals surface area contributed by atoms with Crippen molar-refractivity contribution >= 4 is 49.8 Å². The van der Waals surface area contributed by atoms with Gasteiger partial charge in [0.25, 0.3) is 0 Å². The number of hydrogen-bond acceptors (Lipinski definition) is 4. The average Bonchev–Trinajstić information content (AvgIpc) is 3.63. The van der Waals surface area contributed by atoms with Crippen LogP contribution in [0.15, 0.2) is 205 Å². The summed E-state index contributed by atoms with van der Waals surface area (Å²) in [7, 11) is 0. The monoisotopic (exact) mass is 691 g/mol. The van der Waals surface area contributed by atoms with Crippen molar-refractivity contribution in [1.29, 1.82) is 0 Å². The first-order chi connectivity index (χ1) is 26.8. The molecule has 10 aromatic rings. The molecule has 0 aliphatic rings. The molecule has 0 aliphatic carbocycles. The van der Waals surface area contributed by atoms with Crippen molar-refractivity contribution in [1.82, 2.24) is 9.97 Å². The highest BCUT2D eigenvalue weighted by atomic mass is 16.3. The van der Waals surface area contributed by atoms with E-state index in [4.69, 9.17) is 14.4 Å². The fourth-order valence-electron chi connectivity index (χ4n) is 7.46. The highest BCUT2D eigenvalue weighted by Crippen LogP contribution is 2.43. The molecule has 2 aromatic heterocycles. The quantitative estimate of drug-likeness (QED) is 0.167. The summed E-state index contributed by atoms with van der Waals surface area (Å²) in [5.41, 5.74) is 11.7. The van der Waals surface area contributed by atoms with Crippen molar-refractivity contribution in [2.24, 2.45) is 0 Å². The van der Waals surface area contributed by atoms with E-state index in [0.717, 1.165) is 72.5 Å². The highest BCUT2D eigenvalue weighted by Gasteiger charge is 2.20. The normalized spacial score (nSPS) is 11.3. The Balaban J connectivity index is 1.11. The van der Waals surface area contributed by atoms with Crippen molar-refractivity contribution in [2.75, 3.05) is 4.90 Å². The summed E-state index contributed by atoms with van der Waals surface area (Å²) in [4.78, 5) is 12.6. The van der Waals surface area contributed by atoms with E-state index in [1.54, 1.807) is 0 Å². The van der Waals surface area contributed by atoms with Crippen LogP contribution in [0.5, 0.6) is 0 Å². The molecule has 10 rings (SSSR count). The van der Waals surface area contributed by atoms with Crippen LogP contribution in [-0.4, -0.2) is 9.97 Å². The molecule has 8 aromatic carbocycles.